The number of nitrogens with zero attached hydrogens (tertiary/aromatic N) is 2. The Bertz CT molecular complexity index is 350. The summed E-state index contributed by atoms with van der Waals surface area (Å²) in [7, 11) is 0. The zero-order chi connectivity index (χ0) is 6.97. The summed E-state index contributed by atoms with van der Waals surface area (Å²) in [5.41, 5.74) is 6.63. The molecule has 0 spiro atoms. The summed E-state index contributed by atoms with van der Waals surface area (Å²) in [6.07, 6.45) is 5.32. The molecule has 2 rings (SSSR count). The Morgan fingerprint density at radius 2 is 2.30 bits per heavy atom. The minimum atomic E-state index is 0.669. The highest BCUT2D eigenvalue weighted by Crippen LogP contribution is 2.06. The fourth-order valence-corrected chi connectivity index (χ4v) is 0.987. The van der Waals surface area contributed by atoms with Crippen LogP contribution in [0.4, 0.5) is 5.82 Å². The van der Waals surface area contributed by atoms with Crippen molar-refractivity contribution >= 4 is 11.3 Å². The van der Waals surface area contributed by atoms with Crippen molar-refractivity contribution in [3.8, 4) is 0 Å². The Labute approximate surface area is 58.1 Å². The number of hydrogen-bond acceptors (Lipinski definition) is 2. The van der Waals surface area contributed by atoms with E-state index in [4.69, 9.17) is 5.73 Å². The van der Waals surface area contributed by atoms with Gasteiger partial charge < -0.3 is 10.1 Å². The van der Waals surface area contributed by atoms with E-state index < -0.39 is 0 Å². The molecule has 2 aromatic rings. The van der Waals surface area contributed by atoms with E-state index in [-0.39, 0.29) is 0 Å². The van der Waals surface area contributed by atoms with Crippen LogP contribution in [0, 0.1) is 0 Å². The number of aromatic nitrogens is 2. The summed E-state index contributed by atoms with van der Waals surface area (Å²) >= 11 is 0. The van der Waals surface area contributed by atoms with Gasteiger partial charge in [-0.15, -0.1) is 0 Å². The van der Waals surface area contributed by atoms with Gasteiger partial charge >= 0.3 is 0 Å². The van der Waals surface area contributed by atoms with Crippen molar-refractivity contribution in [1.82, 2.24) is 9.38 Å². The van der Waals surface area contributed by atoms with Gasteiger partial charge in [-0.25, -0.2) is 0 Å². The van der Waals surface area contributed by atoms with Crippen molar-refractivity contribution in [2.45, 2.75) is 0 Å². The Hall–Kier alpha value is -1.51. The Morgan fingerprint density at radius 1 is 1.40 bits per heavy atom. The molecule has 0 unspecified atom stereocenters. The average molecular weight is 133 g/mol. The molecule has 0 aromatic carbocycles. The Morgan fingerprint density at radius 3 is 3.10 bits per heavy atom. The zero-order valence-corrected chi connectivity index (χ0v) is 5.36. The molecule has 2 aromatic heterocycles. The van der Waals surface area contributed by atoms with Gasteiger partial charge in [-0.05, 0) is 12.1 Å². The molecular weight excluding hydrogens is 126 g/mol. The molecule has 3 heteroatoms. The first-order chi connectivity index (χ1) is 4.88. The van der Waals surface area contributed by atoms with Crippen LogP contribution in [0.5, 0.6) is 0 Å². The lowest BCUT2D eigenvalue weighted by Gasteiger charge is -1.96. The highest BCUT2D eigenvalue weighted by molar-refractivity contribution is 5.50. The van der Waals surface area contributed by atoms with E-state index in [1.165, 1.54) is 0 Å². The largest absolute Gasteiger partial charge is 0.384 e. The second kappa shape index (κ2) is 1.73. The normalized spacial score (nSPS) is 10.4. The van der Waals surface area contributed by atoms with E-state index in [9.17, 15) is 0 Å². The summed E-state index contributed by atoms with van der Waals surface area (Å²) in [5, 5.41) is 0. The Balaban J connectivity index is 2.95. The molecule has 10 heavy (non-hydrogen) atoms. The van der Waals surface area contributed by atoms with Gasteiger partial charge in [0.25, 0.3) is 0 Å². The first kappa shape index (κ1) is 5.29. The lowest BCUT2D eigenvalue weighted by Crippen LogP contribution is -1.94. The molecule has 0 saturated carbocycles. The molecule has 0 amide bonds. The third-order valence-corrected chi connectivity index (χ3v) is 1.47. The lowest BCUT2D eigenvalue weighted by molar-refractivity contribution is 1.15. The molecule has 50 valence electrons. The smallest absolute Gasteiger partial charge is 0.126 e. The van der Waals surface area contributed by atoms with Crippen molar-refractivity contribution in [2.24, 2.45) is 0 Å². The molecule has 0 aliphatic rings. The van der Waals surface area contributed by atoms with Crippen LogP contribution >= 0.6 is 0 Å². The summed E-state index contributed by atoms with van der Waals surface area (Å²) < 4.78 is 1.88. The minimum Gasteiger partial charge on any atom is -0.384 e. The number of nitrogens with two attached hydrogens (primary N) is 1. The van der Waals surface area contributed by atoms with Gasteiger partial charge in [0.2, 0.25) is 0 Å². The number of hydrogen-bond donors (Lipinski definition) is 1. The highest BCUT2D eigenvalue weighted by atomic mass is 15.0. The second-order valence-electron chi connectivity index (χ2n) is 2.14. The van der Waals surface area contributed by atoms with E-state index in [0.717, 1.165) is 5.52 Å². The standard InChI is InChI=1S/C7H7N3/c8-7-5-9-4-6-2-1-3-10(6)7/h1-5H,8H2. The lowest BCUT2D eigenvalue weighted by atomic mass is 10.5. The molecular formula is C7H7N3. The number of anilines is 1. The third-order valence-electron chi connectivity index (χ3n) is 1.47. The maximum absolute atomic E-state index is 5.60. The van der Waals surface area contributed by atoms with Crippen LogP contribution in [0.2, 0.25) is 0 Å². The molecule has 0 aliphatic heterocycles. The third kappa shape index (κ3) is 0.572. The van der Waals surface area contributed by atoms with Gasteiger partial charge in [0.05, 0.1) is 17.9 Å². The fraction of sp³-hybridized carbons (Fsp3) is 0. The topological polar surface area (TPSA) is 43.3 Å². The first-order valence-corrected chi connectivity index (χ1v) is 3.04. The molecule has 0 radical (unpaired) electrons. The van der Waals surface area contributed by atoms with Crippen LogP contribution in [-0.4, -0.2) is 9.38 Å². The van der Waals surface area contributed by atoms with Crippen LogP contribution in [-0.2, 0) is 0 Å². The van der Waals surface area contributed by atoms with Gasteiger partial charge in [0, 0.05) is 6.20 Å². The summed E-state index contributed by atoms with van der Waals surface area (Å²) in [6.45, 7) is 0. The predicted octanol–water partition coefficient (Wildman–Crippen LogP) is 0.917. The van der Waals surface area contributed by atoms with Crippen LogP contribution in [0.3, 0.4) is 0 Å². The van der Waals surface area contributed by atoms with Gasteiger partial charge in [0.15, 0.2) is 0 Å². The van der Waals surface area contributed by atoms with Crippen molar-refractivity contribution < 1.29 is 0 Å². The number of fused-ring (bicyclic) bond motifs is 1. The van der Waals surface area contributed by atoms with Gasteiger partial charge in [-0.2, -0.15) is 0 Å². The van der Waals surface area contributed by atoms with Crippen molar-refractivity contribution in [3.05, 3.63) is 30.7 Å². The molecule has 3 nitrogen and oxygen atoms in total. The number of nitrogen functional groups attached to an aromatic ring is 1. The van der Waals surface area contributed by atoms with Crippen LogP contribution < -0.4 is 5.73 Å². The SMILES string of the molecule is Nc1cncc2cccn12. The van der Waals surface area contributed by atoms with Gasteiger partial charge in [-0.3, -0.25) is 4.98 Å². The monoisotopic (exact) mass is 133 g/mol. The van der Waals surface area contributed by atoms with E-state index in [0.29, 0.717) is 5.82 Å². The van der Waals surface area contributed by atoms with Crippen molar-refractivity contribution in [3.63, 3.8) is 0 Å². The average Bonchev–Trinajstić information content (AvgIpc) is 2.36. The van der Waals surface area contributed by atoms with Gasteiger partial charge in [0.1, 0.15) is 5.82 Å². The van der Waals surface area contributed by atoms with Crippen LogP contribution in [0.15, 0.2) is 30.7 Å². The molecule has 0 bridgehead atoms. The predicted molar refractivity (Wildman–Crippen MR) is 39.6 cm³/mol. The maximum Gasteiger partial charge on any atom is 0.126 e. The second-order valence-corrected chi connectivity index (χ2v) is 2.14. The molecule has 0 atom stereocenters. The van der Waals surface area contributed by atoms with Crippen LogP contribution in [0.1, 0.15) is 0 Å². The molecule has 0 fully saturated rings. The molecule has 0 aliphatic carbocycles. The Kier molecular flexibility index (Phi) is 0.917. The van der Waals surface area contributed by atoms with Crippen molar-refractivity contribution in [1.29, 1.82) is 0 Å². The summed E-state index contributed by atoms with van der Waals surface area (Å²) in [4.78, 5) is 3.94. The number of rotatable bonds is 0. The molecule has 2 N–H and O–H groups in total. The van der Waals surface area contributed by atoms with E-state index >= 15 is 0 Å². The van der Waals surface area contributed by atoms with E-state index in [2.05, 4.69) is 4.98 Å². The summed E-state index contributed by atoms with van der Waals surface area (Å²) in [5.74, 6) is 0.669. The van der Waals surface area contributed by atoms with E-state index in [1.807, 2.05) is 22.7 Å². The van der Waals surface area contributed by atoms with Gasteiger partial charge in [-0.1, -0.05) is 0 Å². The molecule has 0 saturated heterocycles. The fourth-order valence-electron chi connectivity index (χ4n) is 0.987. The minimum absolute atomic E-state index is 0.669. The zero-order valence-electron chi connectivity index (χ0n) is 5.36. The van der Waals surface area contributed by atoms with Crippen LogP contribution in [0.25, 0.3) is 5.52 Å². The van der Waals surface area contributed by atoms with Crippen molar-refractivity contribution in [2.75, 3.05) is 5.73 Å². The highest BCUT2D eigenvalue weighted by Gasteiger charge is 1.92. The quantitative estimate of drug-likeness (QED) is 0.580. The van der Waals surface area contributed by atoms with E-state index in [1.54, 1.807) is 12.4 Å². The first-order valence-electron chi connectivity index (χ1n) is 3.04. The summed E-state index contributed by atoms with van der Waals surface area (Å²) in [6, 6.07) is 3.90. The maximum atomic E-state index is 5.60. The molecule has 2 heterocycles.